The van der Waals surface area contributed by atoms with Crippen LogP contribution in [0.25, 0.3) is 0 Å². The van der Waals surface area contributed by atoms with Gasteiger partial charge in [0.25, 0.3) is 5.91 Å². The number of ether oxygens (including phenoxy) is 1. The van der Waals surface area contributed by atoms with Crippen LogP contribution in [0.1, 0.15) is 18.1 Å². The first-order valence-electron chi connectivity index (χ1n) is 7.96. The molecule has 0 bridgehead atoms. The molecule has 0 fully saturated rings. The van der Waals surface area contributed by atoms with Crippen LogP contribution < -0.4 is 0 Å². The van der Waals surface area contributed by atoms with Crippen LogP contribution in [0, 0.1) is 0 Å². The van der Waals surface area contributed by atoms with Crippen molar-refractivity contribution in [1.82, 2.24) is 9.91 Å². The van der Waals surface area contributed by atoms with Crippen molar-refractivity contribution in [3.8, 4) is 0 Å². The molecule has 2 aromatic carbocycles. The van der Waals surface area contributed by atoms with E-state index in [1.807, 2.05) is 79.5 Å². The molecule has 0 saturated carbocycles. The minimum Gasteiger partial charge on any atom is -0.354 e. The summed E-state index contributed by atoms with van der Waals surface area (Å²) < 4.78 is 5.68. The zero-order chi connectivity index (χ0) is 16.9. The van der Waals surface area contributed by atoms with Gasteiger partial charge in [0.05, 0.1) is 6.61 Å². The van der Waals surface area contributed by atoms with E-state index >= 15 is 0 Å². The Bertz CT molecular complexity index is 716. The minimum atomic E-state index is -0.280. The summed E-state index contributed by atoms with van der Waals surface area (Å²) in [5, 5.41) is 5.91. The Morgan fingerprint density at radius 2 is 1.67 bits per heavy atom. The van der Waals surface area contributed by atoms with Gasteiger partial charge in [-0.1, -0.05) is 60.7 Å². The fourth-order valence-electron chi connectivity index (χ4n) is 2.56. The molecule has 1 amide bonds. The van der Waals surface area contributed by atoms with Crippen molar-refractivity contribution in [2.45, 2.75) is 19.6 Å². The molecule has 1 heterocycles. The Kier molecular flexibility index (Phi) is 4.91. The van der Waals surface area contributed by atoms with E-state index in [1.165, 1.54) is 5.01 Å². The lowest BCUT2D eigenvalue weighted by Crippen LogP contribution is -2.52. The van der Waals surface area contributed by atoms with E-state index in [-0.39, 0.29) is 18.7 Å². The Morgan fingerprint density at radius 1 is 1.04 bits per heavy atom. The molecule has 0 aliphatic carbocycles. The third-order valence-electron chi connectivity index (χ3n) is 4.10. The monoisotopic (exact) mass is 323 g/mol. The van der Waals surface area contributed by atoms with Crippen LogP contribution in [-0.4, -0.2) is 41.5 Å². The van der Waals surface area contributed by atoms with Crippen LogP contribution >= 0.6 is 0 Å². The van der Waals surface area contributed by atoms with Gasteiger partial charge in [-0.15, -0.1) is 5.10 Å². The standard InChI is InChI=1S/C19H21N3O2/c1-15-19(23)22(14-24-13-16-9-5-3-6-10-16)20-18(21(15)2)17-11-7-4-8-12-17/h3-12,15H,13-14H2,1-2H3/t15-/m0/s1. The molecule has 0 radical (unpaired) electrons. The number of hydrazone groups is 1. The fraction of sp³-hybridized carbons (Fsp3) is 0.263. The number of amidine groups is 1. The number of carbonyl (C=O) groups is 1. The van der Waals surface area contributed by atoms with E-state index in [0.717, 1.165) is 17.0 Å². The molecule has 0 spiro atoms. The molecule has 0 saturated heterocycles. The second-order valence-electron chi connectivity index (χ2n) is 5.78. The highest BCUT2D eigenvalue weighted by Gasteiger charge is 2.32. The second kappa shape index (κ2) is 7.27. The van der Waals surface area contributed by atoms with Crippen LogP contribution in [-0.2, 0) is 16.1 Å². The first kappa shape index (κ1) is 16.2. The third kappa shape index (κ3) is 3.46. The van der Waals surface area contributed by atoms with Crippen LogP contribution in [0.5, 0.6) is 0 Å². The zero-order valence-electron chi connectivity index (χ0n) is 13.9. The lowest BCUT2D eigenvalue weighted by Gasteiger charge is -2.35. The SMILES string of the molecule is C[C@H]1C(=O)N(COCc2ccccc2)N=C(c2ccccc2)N1C. The highest BCUT2D eigenvalue weighted by molar-refractivity contribution is 6.03. The molecule has 3 rings (SSSR count). The number of nitrogens with zero attached hydrogens (tertiary/aromatic N) is 3. The Hall–Kier alpha value is -2.66. The Morgan fingerprint density at radius 3 is 2.33 bits per heavy atom. The minimum absolute atomic E-state index is 0.0646. The van der Waals surface area contributed by atoms with Gasteiger partial charge in [0.1, 0.15) is 12.8 Å². The van der Waals surface area contributed by atoms with Crippen molar-refractivity contribution in [2.75, 3.05) is 13.8 Å². The van der Waals surface area contributed by atoms with Gasteiger partial charge in [-0.2, -0.15) is 0 Å². The van der Waals surface area contributed by atoms with Crippen molar-refractivity contribution in [3.63, 3.8) is 0 Å². The van der Waals surface area contributed by atoms with Gasteiger partial charge in [-0.25, -0.2) is 5.01 Å². The van der Waals surface area contributed by atoms with Gasteiger partial charge < -0.3 is 9.64 Å². The summed E-state index contributed by atoms with van der Waals surface area (Å²) in [7, 11) is 1.89. The summed E-state index contributed by atoms with van der Waals surface area (Å²) in [6.45, 7) is 2.47. The predicted octanol–water partition coefficient (Wildman–Crippen LogP) is 2.69. The summed E-state index contributed by atoms with van der Waals surface area (Å²) in [6.07, 6.45) is 0. The smallest absolute Gasteiger partial charge is 0.267 e. The molecule has 0 N–H and O–H groups in total. The van der Waals surface area contributed by atoms with Crippen molar-refractivity contribution >= 4 is 11.7 Å². The highest BCUT2D eigenvalue weighted by Crippen LogP contribution is 2.16. The van der Waals surface area contributed by atoms with E-state index in [2.05, 4.69) is 5.10 Å². The fourth-order valence-corrected chi connectivity index (χ4v) is 2.56. The second-order valence-corrected chi connectivity index (χ2v) is 5.78. The maximum absolute atomic E-state index is 12.5. The van der Waals surface area contributed by atoms with Gasteiger partial charge in [-0.05, 0) is 12.5 Å². The number of likely N-dealkylation sites (N-methyl/N-ethyl adjacent to an activating group) is 1. The Labute approximate surface area is 142 Å². The number of amides is 1. The normalized spacial score (nSPS) is 17.8. The van der Waals surface area contributed by atoms with E-state index in [4.69, 9.17) is 4.74 Å². The maximum atomic E-state index is 12.5. The predicted molar refractivity (Wildman–Crippen MR) is 93.1 cm³/mol. The quantitative estimate of drug-likeness (QED) is 0.850. The van der Waals surface area contributed by atoms with Gasteiger partial charge >= 0.3 is 0 Å². The van der Waals surface area contributed by atoms with E-state index < -0.39 is 0 Å². The average molecular weight is 323 g/mol. The average Bonchev–Trinajstić information content (AvgIpc) is 2.63. The van der Waals surface area contributed by atoms with Gasteiger partial charge in [0.2, 0.25) is 0 Å². The Balaban J connectivity index is 1.73. The van der Waals surface area contributed by atoms with Gasteiger partial charge in [0.15, 0.2) is 5.84 Å². The van der Waals surface area contributed by atoms with Crippen LogP contribution in [0.2, 0.25) is 0 Å². The first-order chi connectivity index (χ1) is 11.7. The molecule has 2 aromatic rings. The number of hydrogen-bond donors (Lipinski definition) is 0. The summed E-state index contributed by atoms with van der Waals surface area (Å²) in [4.78, 5) is 14.3. The third-order valence-corrected chi connectivity index (χ3v) is 4.10. The zero-order valence-corrected chi connectivity index (χ0v) is 13.9. The number of hydrogen-bond acceptors (Lipinski definition) is 4. The number of rotatable bonds is 5. The summed E-state index contributed by atoms with van der Waals surface area (Å²) in [6, 6.07) is 19.5. The number of benzene rings is 2. The highest BCUT2D eigenvalue weighted by atomic mass is 16.5. The van der Waals surface area contributed by atoms with E-state index in [1.54, 1.807) is 0 Å². The maximum Gasteiger partial charge on any atom is 0.267 e. The molecular weight excluding hydrogens is 302 g/mol. The molecule has 1 aliphatic rings. The summed E-state index contributed by atoms with van der Waals surface area (Å²) in [5.41, 5.74) is 2.05. The van der Waals surface area contributed by atoms with Crippen LogP contribution in [0.15, 0.2) is 65.8 Å². The topological polar surface area (TPSA) is 45.1 Å². The van der Waals surface area contributed by atoms with Crippen molar-refractivity contribution < 1.29 is 9.53 Å². The van der Waals surface area contributed by atoms with E-state index in [9.17, 15) is 4.79 Å². The molecule has 0 unspecified atom stereocenters. The van der Waals surface area contributed by atoms with Crippen molar-refractivity contribution in [1.29, 1.82) is 0 Å². The van der Waals surface area contributed by atoms with Crippen molar-refractivity contribution in [3.05, 3.63) is 71.8 Å². The summed E-state index contributed by atoms with van der Waals surface area (Å²) >= 11 is 0. The summed E-state index contributed by atoms with van der Waals surface area (Å²) in [5.74, 6) is 0.705. The molecule has 0 aromatic heterocycles. The first-order valence-corrected chi connectivity index (χ1v) is 7.96. The molecule has 1 aliphatic heterocycles. The van der Waals surface area contributed by atoms with Gasteiger partial charge in [0, 0.05) is 12.6 Å². The van der Waals surface area contributed by atoms with E-state index in [0.29, 0.717) is 6.61 Å². The molecule has 24 heavy (non-hydrogen) atoms. The number of carbonyl (C=O) groups excluding carboxylic acids is 1. The molecule has 5 nitrogen and oxygen atoms in total. The van der Waals surface area contributed by atoms with Gasteiger partial charge in [-0.3, -0.25) is 4.79 Å². The lowest BCUT2D eigenvalue weighted by atomic mass is 10.1. The van der Waals surface area contributed by atoms with Crippen LogP contribution in [0.4, 0.5) is 0 Å². The lowest BCUT2D eigenvalue weighted by molar-refractivity contribution is -0.142. The molecule has 5 heteroatoms. The largest absolute Gasteiger partial charge is 0.354 e. The van der Waals surface area contributed by atoms with Crippen molar-refractivity contribution in [2.24, 2.45) is 5.10 Å². The molecule has 1 atom stereocenters. The molecule has 124 valence electrons. The molecular formula is C19H21N3O2. The van der Waals surface area contributed by atoms with Crippen LogP contribution in [0.3, 0.4) is 0 Å².